The Hall–Kier alpha value is -5.21. The first-order valence-electron chi connectivity index (χ1n) is 13.0. The molecule has 0 amide bonds. The lowest BCUT2D eigenvalue weighted by Crippen LogP contribution is -2.12. The molecule has 3 N–H and O–H groups in total. The fourth-order valence-corrected chi connectivity index (χ4v) is 4.95. The molecule has 7 nitrogen and oxygen atoms in total. The zero-order chi connectivity index (χ0) is 26.9. The van der Waals surface area contributed by atoms with Crippen LogP contribution in [-0.4, -0.2) is 30.1 Å². The van der Waals surface area contributed by atoms with E-state index in [1.807, 2.05) is 54.9 Å². The van der Waals surface area contributed by atoms with Crippen LogP contribution in [0.25, 0.3) is 55.8 Å². The molecular formula is C32H24FN7. The van der Waals surface area contributed by atoms with Gasteiger partial charge in [0.2, 0.25) is 0 Å². The van der Waals surface area contributed by atoms with Crippen LogP contribution in [0.5, 0.6) is 0 Å². The van der Waals surface area contributed by atoms with E-state index in [2.05, 4.69) is 48.7 Å². The first-order chi connectivity index (χ1) is 19.7. The number of hydrogen-bond acceptors (Lipinski definition) is 5. The van der Waals surface area contributed by atoms with Gasteiger partial charge < -0.3 is 10.3 Å². The monoisotopic (exact) mass is 525 g/mol. The van der Waals surface area contributed by atoms with Gasteiger partial charge in [0, 0.05) is 42.6 Å². The number of nitrogens with zero attached hydrogens (tertiary/aromatic N) is 4. The largest absolute Gasteiger partial charge is 0.338 e. The molecule has 0 radical (unpaired) electrons. The van der Waals surface area contributed by atoms with E-state index < -0.39 is 0 Å². The Bertz CT molecular complexity index is 1940. The maximum atomic E-state index is 13.5. The van der Waals surface area contributed by atoms with Gasteiger partial charge in [0.25, 0.3) is 0 Å². The number of fused-ring (bicyclic) bond motifs is 2. The van der Waals surface area contributed by atoms with Crippen LogP contribution in [0.3, 0.4) is 0 Å². The molecule has 0 spiro atoms. The maximum Gasteiger partial charge on any atom is 0.138 e. The van der Waals surface area contributed by atoms with E-state index in [0.717, 1.165) is 62.3 Å². The lowest BCUT2D eigenvalue weighted by atomic mass is 10.0. The van der Waals surface area contributed by atoms with E-state index >= 15 is 0 Å². The van der Waals surface area contributed by atoms with Crippen LogP contribution in [0, 0.1) is 5.82 Å². The van der Waals surface area contributed by atoms with Gasteiger partial charge >= 0.3 is 0 Å². The van der Waals surface area contributed by atoms with Crippen molar-refractivity contribution < 1.29 is 4.39 Å². The third kappa shape index (κ3) is 4.61. The van der Waals surface area contributed by atoms with Crippen LogP contribution >= 0.6 is 0 Å². The number of benzene rings is 2. The molecule has 5 aromatic heterocycles. The summed E-state index contributed by atoms with van der Waals surface area (Å²) >= 11 is 0. The molecule has 40 heavy (non-hydrogen) atoms. The second-order valence-corrected chi connectivity index (χ2v) is 9.65. The van der Waals surface area contributed by atoms with E-state index in [1.54, 1.807) is 18.3 Å². The zero-order valence-corrected chi connectivity index (χ0v) is 21.4. The molecule has 194 valence electrons. The smallest absolute Gasteiger partial charge is 0.138 e. The molecule has 7 rings (SSSR count). The number of aromatic nitrogens is 6. The molecule has 8 heteroatoms. The Kier molecular flexibility index (Phi) is 6.07. The molecule has 0 aliphatic carbocycles. The van der Waals surface area contributed by atoms with E-state index in [-0.39, 0.29) is 5.82 Å². The van der Waals surface area contributed by atoms with Gasteiger partial charge in [-0.1, -0.05) is 42.5 Å². The summed E-state index contributed by atoms with van der Waals surface area (Å²) < 4.78 is 13.5. The minimum absolute atomic E-state index is 0.266. The summed E-state index contributed by atoms with van der Waals surface area (Å²) in [6, 6.07) is 26.8. The Labute approximate surface area is 229 Å². The van der Waals surface area contributed by atoms with E-state index in [1.165, 1.54) is 17.7 Å². The van der Waals surface area contributed by atoms with Crippen molar-refractivity contribution in [2.75, 3.05) is 0 Å². The number of nitrogens with one attached hydrogen (secondary N) is 3. The van der Waals surface area contributed by atoms with Crippen molar-refractivity contribution in [1.82, 2.24) is 35.5 Å². The highest BCUT2D eigenvalue weighted by molar-refractivity contribution is 5.99. The molecule has 0 saturated heterocycles. The van der Waals surface area contributed by atoms with Crippen molar-refractivity contribution >= 4 is 22.1 Å². The molecule has 0 unspecified atom stereocenters. The van der Waals surface area contributed by atoms with Gasteiger partial charge in [0.15, 0.2) is 0 Å². The van der Waals surface area contributed by atoms with Crippen LogP contribution in [0.15, 0.2) is 104 Å². The van der Waals surface area contributed by atoms with Gasteiger partial charge in [-0.2, -0.15) is 5.10 Å². The number of pyridine rings is 3. The van der Waals surface area contributed by atoms with Crippen molar-refractivity contribution in [1.29, 1.82) is 0 Å². The number of hydrogen-bond donors (Lipinski definition) is 3. The van der Waals surface area contributed by atoms with Gasteiger partial charge in [0.1, 0.15) is 22.7 Å². The zero-order valence-electron chi connectivity index (χ0n) is 21.4. The van der Waals surface area contributed by atoms with E-state index in [9.17, 15) is 4.39 Å². The molecule has 5 heterocycles. The third-order valence-corrected chi connectivity index (χ3v) is 6.94. The molecule has 0 aliphatic heterocycles. The molecule has 2 aromatic carbocycles. The molecular weight excluding hydrogens is 501 g/mol. The number of rotatable bonds is 7. The number of halogens is 1. The van der Waals surface area contributed by atoms with Gasteiger partial charge in [-0.05, 0) is 64.7 Å². The Morgan fingerprint density at radius 1 is 0.800 bits per heavy atom. The highest BCUT2D eigenvalue weighted by atomic mass is 19.1. The van der Waals surface area contributed by atoms with Crippen molar-refractivity contribution in [3.8, 4) is 33.8 Å². The van der Waals surface area contributed by atoms with E-state index in [4.69, 9.17) is 4.98 Å². The summed E-state index contributed by atoms with van der Waals surface area (Å²) in [7, 11) is 0. The van der Waals surface area contributed by atoms with Crippen LogP contribution in [-0.2, 0) is 13.1 Å². The quantitative estimate of drug-likeness (QED) is 0.216. The standard InChI is InChI=1S/C32H24FN7/c33-24-8-6-22(7-9-24)25-12-13-36-32-26(25)15-29(38-32)31-30-28(39-40-31)11-10-27(37-30)23-14-21(18-35-19-23)17-34-16-20-4-2-1-3-5-20/h1-15,18-19,34H,16-17H2,(H,36,38)(H,39,40). The van der Waals surface area contributed by atoms with Crippen molar-refractivity contribution in [3.05, 3.63) is 120 Å². The van der Waals surface area contributed by atoms with Crippen LogP contribution in [0.4, 0.5) is 4.39 Å². The highest BCUT2D eigenvalue weighted by Crippen LogP contribution is 2.33. The van der Waals surface area contributed by atoms with Gasteiger partial charge in [-0.3, -0.25) is 10.1 Å². The van der Waals surface area contributed by atoms with Gasteiger partial charge in [-0.15, -0.1) is 0 Å². The van der Waals surface area contributed by atoms with Crippen molar-refractivity contribution in [3.63, 3.8) is 0 Å². The van der Waals surface area contributed by atoms with Gasteiger partial charge in [0.05, 0.1) is 16.9 Å². The predicted molar refractivity (Wildman–Crippen MR) is 155 cm³/mol. The van der Waals surface area contributed by atoms with Gasteiger partial charge in [-0.25, -0.2) is 14.4 Å². The number of H-pyrrole nitrogens is 2. The Balaban J connectivity index is 1.20. The molecule has 0 saturated carbocycles. The molecule has 0 atom stereocenters. The van der Waals surface area contributed by atoms with Crippen LogP contribution < -0.4 is 5.32 Å². The van der Waals surface area contributed by atoms with Crippen molar-refractivity contribution in [2.45, 2.75) is 13.1 Å². The Morgan fingerprint density at radius 2 is 1.65 bits per heavy atom. The fraction of sp³-hybridized carbons (Fsp3) is 0.0625. The highest BCUT2D eigenvalue weighted by Gasteiger charge is 2.16. The average molecular weight is 526 g/mol. The Morgan fingerprint density at radius 3 is 2.52 bits per heavy atom. The third-order valence-electron chi connectivity index (χ3n) is 6.94. The molecule has 0 bridgehead atoms. The fourth-order valence-electron chi connectivity index (χ4n) is 4.95. The topological polar surface area (TPSA) is 95.2 Å². The predicted octanol–water partition coefficient (Wildman–Crippen LogP) is 6.66. The minimum Gasteiger partial charge on any atom is -0.338 e. The van der Waals surface area contributed by atoms with E-state index in [0.29, 0.717) is 12.2 Å². The molecule has 0 aliphatic rings. The minimum atomic E-state index is -0.266. The summed E-state index contributed by atoms with van der Waals surface area (Å²) in [4.78, 5) is 17.3. The average Bonchev–Trinajstić information content (AvgIpc) is 3.62. The van der Waals surface area contributed by atoms with Crippen LogP contribution in [0.1, 0.15) is 11.1 Å². The molecule has 7 aromatic rings. The summed E-state index contributed by atoms with van der Waals surface area (Å²) in [5.41, 5.74) is 9.75. The summed E-state index contributed by atoms with van der Waals surface area (Å²) in [5, 5.41) is 12.1. The normalized spacial score (nSPS) is 11.4. The van der Waals surface area contributed by atoms with Crippen LogP contribution in [0.2, 0.25) is 0 Å². The lowest BCUT2D eigenvalue weighted by molar-refractivity contribution is 0.628. The summed E-state index contributed by atoms with van der Waals surface area (Å²) in [5.74, 6) is -0.266. The SMILES string of the molecule is Fc1ccc(-c2ccnc3[nH]c(-c4n[nH]c5ccc(-c6cncc(CNCc7ccccc7)c6)nc45)cc23)cc1. The second kappa shape index (κ2) is 10.2. The summed E-state index contributed by atoms with van der Waals surface area (Å²) in [6.45, 7) is 1.49. The number of aromatic amines is 2. The lowest BCUT2D eigenvalue weighted by Gasteiger charge is -2.07. The second-order valence-electron chi connectivity index (χ2n) is 9.65. The first kappa shape index (κ1) is 23.9. The molecule has 0 fully saturated rings. The summed E-state index contributed by atoms with van der Waals surface area (Å²) in [6.07, 6.45) is 5.45. The first-order valence-corrected chi connectivity index (χ1v) is 13.0. The maximum absolute atomic E-state index is 13.5. The van der Waals surface area contributed by atoms with Crippen molar-refractivity contribution in [2.24, 2.45) is 0 Å².